The standard InChI is InChI=1S/C30H39ClF2N4O4/c1-2-3-28(33)41-30(39)35-16-14-34(15-17-35)13-12-26-21-37(29(38)22-40-27-10-6-24(31)7-11-27)19-18-36(26)20-23-4-8-25(32)9-5-23/h4-11,26,28H,2-3,12-22H2,1H3. The average molecular weight is 593 g/mol. The molecule has 2 saturated heterocycles. The molecule has 2 aliphatic rings. The van der Waals surface area contributed by atoms with E-state index in [0.717, 1.165) is 18.5 Å². The van der Waals surface area contributed by atoms with Crippen molar-refractivity contribution in [1.82, 2.24) is 19.6 Å². The lowest BCUT2D eigenvalue weighted by atomic mass is 10.1. The zero-order valence-electron chi connectivity index (χ0n) is 23.5. The molecule has 41 heavy (non-hydrogen) atoms. The van der Waals surface area contributed by atoms with E-state index in [2.05, 4.69) is 9.80 Å². The van der Waals surface area contributed by atoms with Gasteiger partial charge in [0, 0.05) is 69.8 Å². The van der Waals surface area contributed by atoms with Crippen LogP contribution in [-0.4, -0.2) is 103 Å². The second-order valence-corrected chi connectivity index (χ2v) is 11.0. The van der Waals surface area contributed by atoms with Crippen molar-refractivity contribution < 1.29 is 27.8 Å². The minimum absolute atomic E-state index is 0.0532. The summed E-state index contributed by atoms with van der Waals surface area (Å²) in [5.41, 5.74) is 1.02. The van der Waals surface area contributed by atoms with Crippen molar-refractivity contribution in [3.05, 3.63) is 64.9 Å². The van der Waals surface area contributed by atoms with Gasteiger partial charge in [-0.15, -0.1) is 0 Å². The van der Waals surface area contributed by atoms with Gasteiger partial charge in [0.15, 0.2) is 6.61 Å². The lowest BCUT2D eigenvalue weighted by molar-refractivity contribution is -0.136. The molecule has 2 aromatic carbocycles. The molecule has 0 N–H and O–H groups in total. The number of alkyl halides is 1. The number of piperazine rings is 2. The summed E-state index contributed by atoms with van der Waals surface area (Å²) < 4.78 is 37.8. The van der Waals surface area contributed by atoms with Crippen LogP contribution in [0.25, 0.3) is 0 Å². The van der Waals surface area contributed by atoms with Gasteiger partial charge in [-0.25, -0.2) is 13.6 Å². The number of carbonyl (C=O) groups is 2. The third-order valence-electron chi connectivity index (χ3n) is 7.59. The van der Waals surface area contributed by atoms with Crippen LogP contribution >= 0.6 is 11.6 Å². The average Bonchev–Trinajstić information content (AvgIpc) is 2.97. The Hall–Kier alpha value is -2.95. The van der Waals surface area contributed by atoms with E-state index in [9.17, 15) is 18.4 Å². The summed E-state index contributed by atoms with van der Waals surface area (Å²) in [7, 11) is 0. The fourth-order valence-corrected chi connectivity index (χ4v) is 5.27. The van der Waals surface area contributed by atoms with Crippen molar-refractivity contribution in [2.45, 2.75) is 45.1 Å². The molecule has 0 saturated carbocycles. The predicted molar refractivity (Wildman–Crippen MR) is 153 cm³/mol. The van der Waals surface area contributed by atoms with Crippen molar-refractivity contribution >= 4 is 23.6 Å². The van der Waals surface area contributed by atoms with Crippen LogP contribution in [0.3, 0.4) is 0 Å². The van der Waals surface area contributed by atoms with E-state index >= 15 is 0 Å². The highest BCUT2D eigenvalue weighted by atomic mass is 35.5. The van der Waals surface area contributed by atoms with Crippen LogP contribution in [0.15, 0.2) is 48.5 Å². The van der Waals surface area contributed by atoms with Crippen LogP contribution in [0.5, 0.6) is 5.75 Å². The lowest BCUT2D eigenvalue weighted by Gasteiger charge is -2.43. The van der Waals surface area contributed by atoms with Gasteiger partial charge in [0.2, 0.25) is 6.36 Å². The largest absolute Gasteiger partial charge is 0.484 e. The molecule has 0 bridgehead atoms. The molecule has 0 spiro atoms. The number of halogens is 3. The first-order valence-electron chi connectivity index (χ1n) is 14.3. The molecule has 8 nitrogen and oxygen atoms in total. The second kappa shape index (κ2) is 15.3. The maximum absolute atomic E-state index is 13.7. The van der Waals surface area contributed by atoms with E-state index < -0.39 is 12.5 Å². The second-order valence-electron chi connectivity index (χ2n) is 10.5. The first kappa shape index (κ1) is 31.0. The Balaban J connectivity index is 1.31. The van der Waals surface area contributed by atoms with E-state index in [1.54, 1.807) is 41.3 Å². The van der Waals surface area contributed by atoms with Gasteiger partial charge in [-0.05, 0) is 61.3 Å². The zero-order chi connectivity index (χ0) is 29.2. The van der Waals surface area contributed by atoms with Gasteiger partial charge in [-0.2, -0.15) is 0 Å². The molecule has 0 aromatic heterocycles. The molecule has 4 rings (SSSR count). The maximum atomic E-state index is 13.7. The molecule has 2 aromatic rings. The van der Waals surface area contributed by atoms with Crippen LogP contribution in [-0.2, 0) is 16.1 Å². The van der Waals surface area contributed by atoms with Crippen LogP contribution < -0.4 is 4.74 Å². The molecule has 2 unspecified atom stereocenters. The van der Waals surface area contributed by atoms with Gasteiger partial charge in [0.05, 0.1) is 0 Å². The van der Waals surface area contributed by atoms with Crippen molar-refractivity contribution in [3.8, 4) is 5.75 Å². The molecule has 11 heteroatoms. The first-order valence-corrected chi connectivity index (χ1v) is 14.6. The monoisotopic (exact) mass is 592 g/mol. The highest BCUT2D eigenvalue weighted by Gasteiger charge is 2.31. The SMILES string of the molecule is CCCC(F)OC(=O)N1CCN(CCC2CN(C(=O)COc3ccc(Cl)cc3)CCN2Cc2ccc(F)cc2)CC1. The smallest absolute Gasteiger partial charge is 0.412 e. The normalized spacial score (nSPS) is 19.2. The van der Waals surface area contributed by atoms with Crippen molar-refractivity contribution in [3.63, 3.8) is 0 Å². The van der Waals surface area contributed by atoms with Gasteiger partial charge in [0.25, 0.3) is 5.91 Å². The topological polar surface area (TPSA) is 65.6 Å². The summed E-state index contributed by atoms with van der Waals surface area (Å²) in [5.74, 6) is 0.245. The van der Waals surface area contributed by atoms with Crippen molar-refractivity contribution in [2.75, 3.05) is 59.0 Å². The van der Waals surface area contributed by atoms with Gasteiger partial charge in [-0.3, -0.25) is 14.6 Å². The third-order valence-corrected chi connectivity index (χ3v) is 7.84. The Labute approximate surface area is 245 Å². The molecule has 2 heterocycles. The Morgan fingerprint density at radius 3 is 2.34 bits per heavy atom. The van der Waals surface area contributed by atoms with E-state index in [0.29, 0.717) is 69.6 Å². The van der Waals surface area contributed by atoms with Gasteiger partial charge >= 0.3 is 6.09 Å². The number of benzene rings is 2. The summed E-state index contributed by atoms with van der Waals surface area (Å²) in [6, 6.07) is 13.5. The molecule has 2 aliphatic heterocycles. The lowest BCUT2D eigenvalue weighted by Crippen LogP contribution is -2.56. The molecule has 224 valence electrons. The summed E-state index contributed by atoms with van der Waals surface area (Å²) in [6.45, 7) is 7.37. The Morgan fingerprint density at radius 1 is 0.976 bits per heavy atom. The Bertz CT molecular complexity index is 1120. The molecule has 0 radical (unpaired) electrons. The van der Waals surface area contributed by atoms with Gasteiger partial charge in [-0.1, -0.05) is 30.7 Å². The Morgan fingerprint density at radius 2 is 1.66 bits per heavy atom. The number of nitrogens with zero attached hydrogens (tertiary/aromatic N) is 4. The first-order chi connectivity index (χ1) is 19.8. The fourth-order valence-electron chi connectivity index (χ4n) is 5.15. The minimum Gasteiger partial charge on any atom is -0.484 e. The summed E-state index contributed by atoms with van der Waals surface area (Å²) in [6.07, 6.45) is -0.533. The van der Waals surface area contributed by atoms with Crippen LogP contribution in [0.1, 0.15) is 31.7 Å². The number of amides is 2. The highest BCUT2D eigenvalue weighted by molar-refractivity contribution is 6.30. The molecule has 2 atom stereocenters. The summed E-state index contributed by atoms with van der Waals surface area (Å²) in [4.78, 5) is 33.3. The quantitative estimate of drug-likeness (QED) is 0.373. The van der Waals surface area contributed by atoms with E-state index in [4.69, 9.17) is 21.1 Å². The van der Waals surface area contributed by atoms with E-state index in [-0.39, 0.29) is 30.8 Å². The molecule has 2 fully saturated rings. The van der Waals surface area contributed by atoms with Crippen LogP contribution in [0, 0.1) is 5.82 Å². The fraction of sp³-hybridized carbons (Fsp3) is 0.533. The van der Waals surface area contributed by atoms with E-state index in [1.165, 1.54) is 12.1 Å². The van der Waals surface area contributed by atoms with E-state index in [1.807, 2.05) is 11.8 Å². The number of ether oxygens (including phenoxy) is 2. The number of carbonyl (C=O) groups excluding carboxylic acids is 2. The van der Waals surface area contributed by atoms with Crippen molar-refractivity contribution in [2.24, 2.45) is 0 Å². The number of hydrogen-bond acceptors (Lipinski definition) is 6. The minimum atomic E-state index is -1.56. The number of hydrogen-bond donors (Lipinski definition) is 0. The van der Waals surface area contributed by atoms with Gasteiger partial charge in [0.1, 0.15) is 11.6 Å². The third kappa shape index (κ3) is 9.55. The summed E-state index contributed by atoms with van der Waals surface area (Å²) >= 11 is 5.93. The molecular weight excluding hydrogens is 554 g/mol. The zero-order valence-corrected chi connectivity index (χ0v) is 24.3. The number of rotatable bonds is 11. The molecule has 0 aliphatic carbocycles. The molecule has 2 amide bonds. The van der Waals surface area contributed by atoms with Crippen LogP contribution in [0.2, 0.25) is 5.02 Å². The maximum Gasteiger partial charge on any atom is 0.412 e. The predicted octanol–water partition coefficient (Wildman–Crippen LogP) is 4.81. The highest BCUT2D eigenvalue weighted by Crippen LogP contribution is 2.20. The van der Waals surface area contributed by atoms with Crippen LogP contribution in [0.4, 0.5) is 13.6 Å². The van der Waals surface area contributed by atoms with Crippen molar-refractivity contribution in [1.29, 1.82) is 0 Å². The molecular formula is C30H39ClF2N4O4. The summed E-state index contributed by atoms with van der Waals surface area (Å²) in [5, 5.41) is 0.602. The van der Waals surface area contributed by atoms with Gasteiger partial charge < -0.3 is 19.3 Å². The Kier molecular flexibility index (Phi) is 11.6.